The van der Waals surface area contributed by atoms with Gasteiger partial charge in [0.05, 0.1) is 19.0 Å². The standard InChI is InChI=1S/C25H27ClN6O3S/c1-4-23(33)28-17-6-5-7-19(14-17)35-24-20(26)16-27-25(30-24)29-21-9-8-18(15-22(21)34-2)31-10-12-32(36-3)13-11-31/h4-9,14-16H,1,10-13H2,2-3H3,(H,28,33)(H,27,29,30). The molecule has 1 amide bonds. The minimum absolute atomic E-state index is 0.170. The van der Waals surface area contributed by atoms with E-state index in [9.17, 15) is 4.79 Å². The number of piperazine rings is 1. The van der Waals surface area contributed by atoms with Gasteiger partial charge in [0.25, 0.3) is 0 Å². The van der Waals surface area contributed by atoms with Gasteiger partial charge in [-0.2, -0.15) is 4.98 Å². The fourth-order valence-corrected chi connectivity index (χ4v) is 4.31. The second-order valence-corrected chi connectivity index (χ2v) is 9.07. The zero-order valence-corrected chi connectivity index (χ0v) is 21.6. The Balaban J connectivity index is 1.49. The second kappa shape index (κ2) is 12.0. The summed E-state index contributed by atoms with van der Waals surface area (Å²) in [4.78, 5) is 22.6. The summed E-state index contributed by atoms with van der Waals surface area (Å²) >= 11 is 8.06. The number of benzene rings is 2. The van der Waals surface area contributed by atoms with E-state index < -0.39 is 0 Å². The fraction of sp³-hybridized carbons (Fsp3) is 0.240. The zero-order valence-electron chi connectivity index (χ0n) is 20.0. The summed E-state index contributed by atoms with van der Waals surface area (Å²) in [5.74, 6) is 1.27. The summed E-state index contributed by atoms with van der Waals surface area (Å²) in [6, 6.07) is 12.9. The molecule has 0 unspecified atom stereocenters. The molecule has 0 aliphatic carbocycles. The molecular formula is C25H27ClN6O3S. The third-order valence-corrected chi connectivity index (χ3v) is 6.65. The number of rotatable bonds is 9. The molecule has 3 aromatic rings. The van der Waals surface area contributed by atoms with Gasteiger partial charge in [0.15, 0.2) is 0 Å². The third kappa shape index (κ3) is 6.39. The molecule has 2 aromatic carbocycles. The van der Waals surface area contributed by atoms with E-state index in [1.165, 1.54) is 12.3 Å². The van der Waals surface area contributed by atoms with Crippen molar-refractivity contribution in [2.24, 2.45) is 0 Å². The lowest BCUT2D eigenvalue weighted by molar-refractivity contribution is -0.111. The number of methoxy groups -OCH3 is 1. The van der Waals surface area contributed by atoms with Gasteiger partial charge in [0.2, 0.25) is 17.7 Å². The number of aromatic nitrogens is 2. The molecule has 1 aromatic heterocycles. The summed E-state index contributed by atoms with van der Waals surface area (Å²) in [6.07, 6.45) is 4.76. The molecule has 1 aliphatic heterocycles. The summed E-state index contributed by atoms with van der Waals surface area (Å²) in [5.41, 5.74) is 2.37. The van der Waals surface area contributed by atoms with E-state index in [1.54, 1.807) is 43.3 Å². The summed E-state index contributed by atoms with van der Waals surface area (Å²) in [5, 5.41) is 6.11. The van der Waals surface area contributed by atoms with E-state index in [0.717, 1.165) is 31.9 Å². The molecule has 1 fully saturated rings. The minimum Gasteiger partial charge on any atom is -0.494 e. The Morgan fingerprint density at radius 2 is 2.00 bits per heavy atom. The number of anilines is 4. The van der Waals surface area contributed by atoms with E-state index in [4.69, 9.17) is 21.1 Å². The smallest absolute Gasteiger partial charge is 0.247 e. The van der Waals surface area contributed by atoms with Crippen molar-refractivity contribution < 1.29 is 14.3 Å². The Labute approximate surface area is 219 Å². The molecule has 188 valence electrons. The molecule has 2 heterocycles. The van der Waals surface area contributed by atoms with Crippen LogP contribution < -0.4 is 25.0 Å². The van der Waals surface area contributed by atoms with Crippen molar-refractivity contribution in [2.75, 3.05) is 55.1 Å². The van der Waals surface area contributed by atoms with Crippen molar-refractivity contribution in [3.63, 3.8) is 0 Å². The van der Waals surface area contributed by atoms with Crippen LogP contribution in [0.5, 0.6) is 17.4 Å². The first-order valence-corrected chi connectivity index (χ1v) is 12.8. The quantitative estimate of drug-likeness (QED) is 0.288. The van der Waals surface area contributed by atoms with Crippen LogP contribution in [0.4, 0.5) is 23.0 Å². The molecule has 0 spiro atoms. The average molecular weight is 527 g/mol. The number of amides is 1. The van der Waals surface area contributed by atoms with Gasteiger partial charge in [0, 0.05) is 49.7 Å². The zero-order chi connectivity index (χ0) is 25.5. The van der Waals surface area contributed by atoms with Crippen LogP contribution in [0.1, 0.15) is 0 Å². The minimum atomic E-state index is -0.319. The number of ether oxygens (including phenoxy) is 2. The van der Waals surface area contributed by atoms with Crippen molar-refractivity contribution in [3.8, 4) is 17.4 Å². The van der Waals surface area contributed by atoms with Crippen molar-refractivity contribution in [3.05, 3.63) is 66.3 Å². The lowest BCUT2D eigenvalue weighted by atomic mass is 10.2. The Kier molecular flexibility index (Phi) is 8.52. The summed E-state index contributed by atoms with van der Waals surface area (Å²) < 4.78 is 13.9. The Bertz CT molecular complexity index is 1240. The van der Waals surface area contributed by atoms with Crippen LogP contribution in [0.25, 0.3) is 0 Å². The van der Waals surface area contributed by atoms with Gasteiger partial charge in [-0.3, -0.25) is 4.79 Å². The SMILES string of the molecule is C=CC(=O)Nc1cccc(Oc2nc(Nc3ccc(N4CCN(SC)CC4)cc3OC)ncc2Cl)c1. The normalized spacial score (nSPS) is 13.7. The first-order chi connectivity index (χ1) is 17.5. The Morgan fingerprint density at radius 3 is 2.72 bits per heavy atom. The highest BCUT2D eigenvalue weighted by Crippen LogP contribution is 2.34. The first-order valence-electron chi connectivity index (χ1n) is 11.2. The second-order valence-electron chi connectivity index (χ2n) is 7.78. The third-order valence-electron chi connectivity index (χ3n) is 5.51. The number of halogens is 1. The molecule has 9 nitrogen and oxygen atoms in total. The highest BCUT2D eigenvalue weighted by molar-refractivity contribution is 7.96. The van der Waals surface area contributed by atoms with Crippen LogP contribution in [0.15, 0.2) is 61.3 Å². The molecule has 2 N–H and O–H groups in total. The molecule has 36 heavy (non-hydrogen) atoms. The van der Waals surface area contributed by atoms with Gasteiger partial charge in [-0.1, -0.05) is 36.2 Å². The molecular weight excluding hydrogens is 500 g/mol. The van der Waals surface area contributed by atoms with Crippen LogP contribution in [0.2, 0.25) is 5.02 Å². The van der Waals surface area contributed by atoms with Crippen molar-refractivity contribution in [1.29, 1.82) is 0 Å². The number of hydrogen-bond acceptors (Lipinski definition) is 9. The van der Waals surface area contributed by atoms with Gasteiger partial charge in [-0.25, -0.2) is 9.29 Å². The Morgan fingerprint density at radius 1 is 1.19 bits per heavy atom. The number of nitrogens with one attached hydrogen (secondary N) is 2. The Hall–Kier alpha value is -3.47. The number of hydrogen-bond donors (Lipinski definition) is 2. The van der Waals surface area contributed by atoms with Crippen molar-refractivity contribution in [2.45, 2.75) is 0 Å². The predicted octanol–water partition coefficient (Wildman–Crippen LogP) is 5.20. The van der Waals surface area contributed by atoms with Gasteiger partial charge in [-0.15, -0.1) is 0 Å². The molecule has 11 heteroatoms. The van der Waals surface area contributed by atoms with Crippen LogP contribution in [0.3, 0.4) is 0 Å². The van der Waals surface area contributed by atoms with E-state index >= 15 is 0 Å². The van der Waals surface area contributed by atoms with Crippen LogP contribution in [-0.4, -0.2) is 59.7 Å². The van der Waals surface area contributed by atoms with E-state index in [0.29, 0.717) is 28.8 Å². The van der Waals surface area contributed by atoms with Gasteiger partial charge < -0.3 is 25.0 Å². The largest absolute Gasteiger partial charge is 0.494 e. The number of carbonyl (C=O) groups is 1. The maximum Gasteiger partial charge on any atom is 0.247 e. The van der Waals surface area contributed by atoms with E-state index in [1.807, 2.05) is 12.1 Å². The topological polar surface area (TPSA) is 91.8 Å². The maximum absolute atomic E-state index is 11.6. The molecule has 0 bridgehead atoms. The monoisotopic (exact) mass is 526 g/mol. The van der Waals surface area contributed by atoms with Crippen molar-refractivity contribution in [1.82, 2.24) is 14.3 Å². The molecule has 1 saturated heterocycles. The summed E-state index contributed by atoms with van der Waals surface area (Å²) in [7, 11) is 1.63. The van der Waals surface area contributed by atoms with E-state index in [-0.39, 0.29) is 16.8 Å². The van der Waals surface area contributed by atoms with Crippen LogP contribution in [-0.2, 0) is 4.79 Å². The van der Waals surface area contributed by atoms with Gasteiger partial charge in [-0.05, 0) is 36.6 Å². The van der Waals surface area contributed by atoms with Crippen molar-refractivity contribution >= 4 is 52.5 Å². The van der Waals surface area contributed by atoms with Crippen LogP contribution >= 0.6 is 23.5 Å². The maximum atomic E-state index is 11.6. The average Bonchev–Trinajstić information content (AvgIpc) is 2.91. The van der Waals surface area contributed by atoms with E-state index in [2.05, 4.69) is 48.7 Å². The highest BCUT2D eigenvalue weighted by Gasteiger charge is 2.18. The molecule has 0 radical (unpaired) electrons. The fourth-order valence-electron chi connectivity index (χ4n) is 3.65. The number of carbonyl (C=O) groups excluding carboxylic acids is 1. The molecule has 0 saturated carbocycles. The predicted molar refractivity (Wildman–Crippen MR) is 146 cm³/mol. The molecule has 4 rings (SSSR count). The first kappa shape index (κ1) is 25.6. The van der Waals surface area contributed by atoms with Gasteiger partial charge >= 0.3 is 0 Å². The van der Waals surface area contributed by atoms with Gasteiger partial charge in [0.1, 0.15) is 16.5 Å². The molecule has 1 aliphatic rings. The highest BCUT2D eigenvalue weighted by atomic mass is 35.5. The lowest BCUT2D eigenvalue weighted by Gasteiger charge is -2.35. The van der Waals surface area contributed by atoms with Crippen LogP contribution in [0, 0.1) is 0 Å². The molecule has 0 atom stereocenters. The summed E-state index contributed by atoms with van der Waals surface area (Å²) in [6.45, 7) is 7.38. The lowest BCUT2D eigenvalue weighted by Crippen LogP contribution is -2.43. The number of nitrogens with zero attached hydrogens (tertiary/aromatic N) is 4.